The summed E-state index contributed by atoms with van der Waals surface area (Å²) in [6.45, 7) is 4.37. The average molecular weight is 335 g/mol. The largest absolute Gasteiger partial charge is 0.507 e. The summed E-state index contributed by atoms with van der Waals surface area (Å²) in [5, 5.41) is 9.82. The van der Waals surface area contributed by atoms with Crippen LogP contribution in [0.15, 0.2) is 42.5 Å². The molecule has 0 radical (unpaired) electrons. The van der Waals surface area contributed by atoms with Crippen molar-refractivity contribution in [3.8, 4) is 5.75 Å². The number of hydrogen-bond donors (Lipinski definition) is 1. The quantitative estimate of drug-likeness (QED) is 0.678. The van der Waals surface area contributed by atoms with Gasteiger partial charge in [0, 0.05) is 24.2 Å². The topological polar surface area (TPSA) is 57.6 Å². The van der Waals surface area contributed by atoms with Gasteiger partial charge in [-0.05, 0) is 67.3 Å². The molecular formula is C21H21NO3. The third-order valence-electron chi connectivity index (χ3n) is 4.46. The highest BCUT2D eigenvalue weighted by Gasteiger charge is 2.22. The molecule has 25 heavy (non-hydrogen) atoms. The number of amides is 1. The van der Waals surface area contributed by atoms with Crippen LogP contribution in [0.25, 0.3) is 6.08 Å². The number of nitrogens with zero attached hydrogens (tertiary/aromatic N) is 1. The first-order valence-corrected chi connectivity index (χ1v) is 8.39. The van der Waals surface area contributed by atoms with E-state index in [1.165, 1.54) is 6.08 Å². The number of hydrogen-bond acceptors (Lipinski definition) is 3. The molecule has 128 valence electrons. The van der Waals surface area contributed by atoms with Crippen LogP contribution in [0.1, 0.15) is 39.9 Å². The van der Waals surface area contributed by atoms with Crippen LogP contribution in [0.3, 0.4) is 0 Å². The molecule has 1 aliphatic rings. The number of carbonyl (C=O) groups excluding carboxylic acids is 2. The smallest absolute Gasteiger partial charge is 0.227 e. The van der Waals surface area contributed by atoms with E-state index in [2.05, 4.69) is 0 Å². The van der Waals surface area contributed by atoms with Crippen molar-refractivity contribution in [2.45, 2.75) is 26.7 Å². The Labute approximate surface area is 147 Å². The lowest BCUT2D eigenvalue weighted by atomic mass is 10.0. The first kappa shape index (κ1) is 17.0. The Balaban J connectivity index is 1.80. The second-order valence-electron chi connectivity index (χ2n) is 6.40. The average Bonchev–Trinajstić information content (AvgIpc) is 3.03. The van der Waals surface area contributed by atoms with Crippen LogP contribution in [0.4, 0.5) is 5.69 Å². The highest BCUT2D eigenvalue weighted by Crippen LogP contribution is 2.24. The third-order valence-corrected chi connectivity index (χ3v) is 4.46. The highest BCUT2D eigenvalue weighted by molar-refractivity contribution is 6.08. The van der Waals surface area contributed by atoms with Gasteiger partial charge in [0.2, 0.25) is 5.91 Å². The zero-order valence-corrected chi connectivity index (χ0v) is 14.5. The fourth-order valence-electron chi connectivity index (χ4n) is 3.10. The number of rotatable bonds is 4. The summed E-state index contributed by atoms with van der Waals surface area (Å²) < 4.78 is 0. The van der Waals surface area contributed by atoms with E-state index in [1.54, 1.807) is 29.2 Å². The third kappa shape index (κ3) is 3.63. The molecule has 2 aromatic rings. The van der Waals surface area contributed by atoms with E-state index >= 15 is 0 Å². The minimum Gasteiger partial charge on any atom is -0.507 e. The molecule has 4 nitrogen and oxygen atoms in total. The van der Waals surface area contributed by atoms with Gasteiger partial charge in [-0.15, -0.1) is 0 Å². The minimum atomic E-state index is -0.114. The Morgan fingerprint density at radius 2 is 1.88 bits per heavy atom. The van der Waals surface area contributed by atoms with Crippen molar-refractivity contribution < 1.29 is 14.7 Å². The van der Waals surface area contributed by atoms with Crippen LogP contribution in [0.5, 0.6) is 5.75 Å². The molecule has 4 heteroatoms. The SMILES string of the molecule is Cc1cc(/C=C/C(=O)c2cccc(N3CCCC3=O)c2)cc(C)c1O. The van der Waals surface area contributed by atoms with Crippen molar-refractivity contribution in [1.29, 1.82) is 0 Å². The van der Waals surface area contributed by atoms with Gasteiger partial charge in [-0.1, -0.05) is 18.2 Å². The predicted molar refractivity (Wildman–Crippen MR) is 99.0 cm³/mol. The van der Waals surface area contributed by atoms with Gasteiger partial charge < -0.3 is 10.0 Å². The molecule has 1 amide bonds. The monoisotopic (exact) mass is 335 g/mol. The predicted octanol–water partition coefficient (Wildman–Crippen LogP) is 4.03. The molecule has 0 saturated carbocycles. The van der Waals surface area contributed by atoms with Crippen molar-refractivity contribution in [3.63, 3.8) is 0 Å². The summed E-state index contributed by atoms with van der Waals surface area (Å²) in [6.07, 6.45) is 4.69. The molecule has 3 rings (SSSR count). The summed E-state index contributed by atoms with van der Waals surface area (Å²) in [6, 6.07) is 10.9. The molecule has 0 aliphatic carbocycles. The number of anilines is 1. The maximum Gasteiger partial charge on any atom is 0.227 e. The Morgan fingerprint density at radius 1 is 1.16 bits per heavy atom. The number of phenolic OH excluding ortho intramolecular Hbond substituents is 1. The van der Waals surface area contributed by atoms with Gasteiger partial charge in [0.15, 0.2) is 5.78 Å². The van der Waals surface area contributed by atoms with E-state index in [1.807, 2.05) is 32.0 Å². The molecule has 0 spiro atoms. The molecule has 1 N–H and O–H groups in total. The minimum absolute atomic E-state index is 0.107. The Morgan fingerprint density at radius 3 is 2.52 bits per heavy atom. The van der Waals surface area contributed by atoms with E-state index < -0.39 is 0 Å². The van der Waals surface area contributed by atoms with Gasteiger partial charge in [-0.25, -0.2) is 0 Å². The molecule has 1 saturated heterocycles. The van der Waals surface area contributed by atoms with Crippen molar-refractivity contribution in [3.05, 3.63) is 64.7 Å². The zero-order valence-electron chi connectivity index (χ0n) is 14.5. The number of aryl methyl sites for hydroxylation is 2. The molecule has 2 aromatic carbocycles. The van der Waals surface area contributed by atoms with E-state index in [0.29, 0.717) is 18.5 Å². The van der Waals surface area contributed by atoms with E-state index in [0.717, 1.165) is 28.8 Å². The fourth-order valence-corrected chi connectivity index (χ4v) is 3.10. The number of ketones is 1. The van der Waals surface area contributed by atoms with Crippen molar-refractivity contribution in [1.82, 2.24) is 0 Å². The normalized spacial score (nSPS) is 14.5. The van der Waals surface area contributed by atoms with Gasteiger partial charge in [0.1, 0.15) is 5.75 Å². The molecule has 0 aromatic heterocycles. The first-order valence-electron chi connectivity index (χ1n) is 8.39. The molecule has 0 bridgehead atoms. The van der Waals surface area contributed by atoms with Crippen LogP contribution in [0.2, 0.25) is 0 Å². The Bertz CT molecular complexity index is 844. The van der Waals surface area contributed by atoms with Gasteiger partial charge in [-0.3, -0.25) is 9.59 Å². The lowest BCUT2D eigenvalue weighted by molar-refractivity contribution is -0.117. The summed E-state index contributed by atoms with van der Waals surface area (Å²) in [5.74, 6) is 0.276. The molecule has 1 fully saturated rings. The summed E-state index contributed by atoms with van der Waals surface area (Å²) >= 11 is 0. The summed E-state index contributed by atoms with van der Waals surface area (Å²) in [7, 11) is 0. The lowest BCUT2D eigenvalue weighted by Gasteiger charge is -2.16. The fraction of sp³-hybridized carbons (Fsp3) is 0.238. The van der Waals surface area contributed by atoms with Gasteiger partial charge in [-0.2, -0.15) is 0 Å². The zero-order chi connectivity index (χ0) is 18.0. The molecule has 1 aliphatic heterocycles. The molecule has 0 atom stereocenters. The Kier molecular flexibility index (Phi) is 4.70. The lowest BCUT2D eigenvalue weighted by Crippen LogP contribution is -2.23. The van der Waals surface area contributed by atoms with Crippen LogP contribution in [-0.4, -0.2) is 23.3 Å². The van der Waals surface area contributed by atoms with Crippen LogP contribution < -0.4 is 4.90 Å². The molecule has 1 heterocycles. The maximum absolute atomic E-state index is 12.5. The van der Waals surface area contributed by atoms with Gasteiger partial charge >= 0.3 is 0 Å². The number of phenols is 1. The van der Waals surface area contributed by atoms with Crippen molar-refractivity contribution in [2.75, 3.05) is 11.4 Å². The summed E-state index contributed by atoms with van der Waals surface area (Å²) in [5.41, 5.74) is 3.76. The number of benzene rings is 2. The highest BCUT2D eigenvalue weighted by atomic mass is 16.3. The molecular weight excluding hydrogens is 314 g/mol. The van der Waals surface area contributed by atoms with Crippen molar-refractivity contribution in [2.24, 2.45) is 0 Å². The van der Waals surface area contributed by atoms with E-state index in [4.69, 9.17) is 0 Å². The van der Waals surface area contributed by atoms with Crippen LogP contribution >= 0.6 is 0 Å². The number of aromatic hydroxyl groups is 1. The van der Waals surface area contributed by atoms with Crippen LogP contribution in [-0.2, 0) is 4.79 Å². The number of allylic oxidation sites excluding steroid dienone is 1. The first-order chi connectivity index (χ1) is 12.0. The number of carbonyl (C=O) groups is 2. The standard InChI is InChI=1S/C21H21NO3/c1-14-11-16(12-15(2)21(14)25)8-9-19(23)17-5-3-6-18(13-17)22-10-4-7-20(22)24/h3,5-6,8-9,11-13,25H,4,7,10H2,1-2H3/b9-8+. The van der Waals surface area contributed by atoms with E-state index in [9.17, 15) is 14.7 Å². The van der Waals surface area contributed by atoms with Crippen molar-refractivity contribution >= 4 is 23.5 Å². The maximum atomic E-state index is 12.5. The van der Waals surface area contributed by atoms with Gasteiger partial charge in [0.05, 0.1) is 0 Å². The van der Waals surface area contributed by atoms with Crippen LogP contribution in [0, 0.1) is 13.8 Å². The summed E-state index contributed by atoms with van der Waals surface area (Å²) in [4.78, 5) is 26.1. The van der Waals surface area contributed by atoms with E-state index in [-0.39, 0.29) is 17.4 Å². The van der Waals surface area contributed by atoms with Gasteiger partial charge in [0.25, 0.3) is 0 Å². The second kappa shape index (κ2) is 6.93. The second-order valence-corrected chi connectivity index (χ2v) is 6.40. The molecule has 0 unspecified atom stereocenters. The Hall–Kier alpha value is -2.88.